The lowest BCUT2D eigenvalue weighted by atomic mass is 10.1. The molecule has 1 unspecified atom stereocenters. The van der Waals surface area contributed by atoms with Gasteiger partial charge in [0.05, 0.1) is 16.8 Å². The second-order valence-electron chi connectivity index (χ2n) is 7.09. The molecule has 4 N–H and O–H groups in total. The number of fused-ring (bicyclic) bond motifs is 2. The number of aromatic amines is 1. The molecule has 1 aliphatic rings. The Hall–Kier alpha value is -3.85. The molecule has 2 heterocycles. The summed E-state index contributed by atoms with van der Waals surface area (Å²) in [7, 11) is 0. The number of H-pyrrole nitrogens is 1. The van der Waals surface area contributed by atoms with Gasteiger partial charge in [-0.05, 0) is 36.4 Å². The molecule has 156 valence electrons. The molecule has 0 radical (unpaired) electrons. The molecule has 1 atom stereocenters. The Kier molecular flexibility index (Phi) is 4.40. The van der Waals surface area contributed by atoms with Crippen molar-refractivity contribution in [3.63, 3.8) is 0 Å². The molecule has 3 aromatic carbocycles. The highest BCUT2D eigenvalue weighted by atomic mass is 19.4. The number of benzene rings is 3. The first-order chi connectivity index (χ1) is 14.9. The molecule has 1 aliphatic heterocycles. The molecule has 0 saturated carbocycles. The van der Waals surface area contributed by atoms with Crippen molar-refractivity contribution in [2.75, 3.05) is 10.2 Å². The topological polar surface area (TPSA) is 82.3 Å². The number of hydrogen-bond acceptors (Lipinski definition) is 5. The van der Waals surface area contributed by atoms with Crippen molar-refractivity contribution in [1.82, 2.24) is 10.2 Å². The lowest BCUT2D eigenvalue weighted by Crippen LogP contribution is -2.38. The van der Waals surface area contributed by atoms with Crippen molar-refractivity contribution in [3.8, 4) is 0 Å². The summed E-state index contributed by atoms with van der Waals surface area (Å²) in [5.41, 5.74) is 8.09. The van der Waals surface area contributed by atoms with E-state index in [-0.39, 0.29) is 11.6 Å². The predicted molar refractivity (Wildman–Crippen MR) is 114 cm³/mol. The smallest absolute Gasteiger partial charge is 0.325 e. The molecule has 4 aromatic rings. The molecule has 0 spiro atoms. The van der Waals surface area contributed by atoms with E-state index in [1.165, 1.54) is 6.07 Å². The Morgan fingerprint density at radius 2 is 1.74 bits per heavy atom. The van der Waals surface area contributed by atoms with E-state index < -0.39 is 17.9 Å². The van der Waals surface area contributed by atoms with Crippen molar-refractivity contribution >= 4 is 34.1 Å². The number of para-hydroxylation sites is 2. The molecule has 0 saturated heterocycles. The van der Waals surface area contributed by atoms with Crippen LogP contribution in [0.2, 0.25) is 0 Å². The Balaban J connectivity index is 1.63. The predicted octanol–water partition coefficient (Wildman–Crippen LogP) is 5.16. The van der Waals surface area contributed by atoms with Crippen LogP contribution in [0.5, 0.6) is 0 Å². The van der Waals surface area contributed by atoms with Gasteiger partial charge in [0, 0.05) is 16.6 Å². The molecular weight excluding hydrogens is 405 g/mol. The minimum Gasteiger partial charge on any atom is -0.325 e. The largest absolute Gasteiger partial charge is 0.416 e. The number of halogens is 3. The SMILES string of the molecule is NC1N=C(Nc2cccc(C(F)(F)F)c2)N(c2n[nH]c3ccccc23)c2ccccc21. The van der Waals surface area contributed by atoms with E-state index in [0.717, 1.165) is 34.3 Å². The van der Waals surface area contributed by atoms with Gasteiger partial charge >= 0.3 is 6.18 Å². The number of guanidine groups is 1. The molecule has 9 heteroatoms. The van der Waals surface area contributed by atoms with Gasteiger partial charge in [-0.15, -0.1) is 0 Å². The minimum absolute atomic E-state index is 0.241. The van der Waals surface area contributed by atoms with Gasteiger partial charge in [0.2, 0.25) is 5.96 Å². The monoisotopic (exact) mass is 422 g/mol. The van der Waals surface area contributed by atoms with Crippen LogP contribution in [-0.4, -0.2) is 16.2 Å². The summed E-state index contributed by atoms with van der Waals surface area (Å²) >= 11 is 0. The standard InChI is InChI=1S/C22H17F3N6/c23-22(24,25)13-6-5-7-14(12-13)27-21-28-19(26)16-9-2-4-11-18(16)31(21)20-15-8-1-3-10-17(15)29-30-20/h1-12,19H,26H2,(H,27,28)(H,29,30). The van der Waals surface area contributed by atoms with Gasteiger partial charge < -0.3 is 11.1 Å². The third kappa shape index (κ3) is 3.38. The van der Waals surface area contributed by atoms with Gasteiger partial charge in [-0.25, -0.2) is 4.99 Å². The molecule has 6 nitrogen and oxygen atoms in total. The zero-order valence-electron chi connectivity index (χ0n) is 16.1. The van der Waals surface area contributed by atoms with Crippen molar-refractivity contribution in [2.24, 2.45) is 10.7 Å². The van der Waals surface area contributed by atoms with Gasteiger partial charge in [-0.2, -0.15) is 18.3 Å². The average molecular weight is 422 g/mol. The number of rotatable bonds is 2. The Labute approximate surface area is 175 Å². The van der Waals surface area contributed by atoms with E-state index in [1.54, 1.807) is 11.0 Å². The number of nitrogens with one attached hydrogen (secondary N) is 2. The lowest BCUT2D eigenvalue weighted by Gasteiger charge is -2.32. The van der Waals surface area contributed by atoms with Crippen molar-refractivity contribution in [1.29, 1.82) is 0 Å². The van der Waals surface area contributed by atoms with Crippen molar-refractivity contribution < 1.29 is 13.2 Å². The van der Waals surface area contributed by atoms with E-state index in [0.29, 0.717) is 5.82 Å². The average Bonchev–Trinajstić information content (AvgIpc) is 3.17. The van der Waals surface area contributed by atoms with E-state index in [1.807, 2.05) is 48.5 Å². The highest BCUT2D eigenvalue weighted by molar-refractivity contribution is 6.14. The lowest BCUT2D eigenvalue weighted by molar-refractivity contribution is -0.137. The Bertz CT molecular complexity index is 1290. The van der Waals surface area contributed by atoms with E-state index >= 15 is 0 Å². The van der Waals surface area contributed by atoms with Gasteiger partial charge in [0.1, 0.15) is 6.17 Å². The van der Waals surface area contributed by atoms with Crippen LogP contribution in [0.4, 0.5) is 30.4 Å². The summed E-state index contributed by atoms with van der Waals surface area (Å²) in [5.74, 6) is 0.843. The number of nitrogens with two attached hydrogens (primary N) is 1. The summed E-state index contributed by atoms with van der Waals surface area (Å²) in [5, 5.41) is 11.3. The molecule has 0 aliphatic carbocycles. The number of anilines is 3. The molecule has 5 rings (SSSR count). The van der Waals surface area contributed by atoms with E-state index in [2.05, 4.69) is 20.5 Å². The van der Waals surface area contributed by atoms with Crippen molar-refractivity contribution in [3.05, 3.63) is 83.9 Å². The van der Waals surface area contributed by atoms with Crippen LogP contribution in [0.1, 0.15) is 17.3 Å². The highest BCUT2D eigenvalue weighted by Gasteiger charge is 2.32. The summed E-state index contributed by atoms with van der Waals surface area (Å²) in [6.07, 6.45) is -5.13. The maximum atomic E-state index is 13.2. The van der Waals surface area contributed by atoms with Gasteiger partial charge in [0.25, 0.3) is 0 Å². The number of nitrogens with zero attached hydrogens (tertiary/aromatic N) is 3. The second kappa shape index (κ2) is 7.13. The summed E-state index contributed by atoms with van der Waals surface area (Å²) < 4.78 is 39.5. The van der Waals surface area contributed by atoms with Crippen LogP contribution in [0, 0.1) is 0 Å². The molecule has 0 fully saturated rings. The molecule has 0 bridgehead atoms. The van der Waals surface area contributed by atoms with Crippen LogP contribution in [0.25, 0.3) is 10.9 Å². The first kappa shape index (κ1) is 19.1. The fraction of sp³-hybridized carbons (Fsp3) is 0.0909. The zero-order valence-corrected chi connectivity index (χ0v) is 16.1. The third-order valence-electron chi connectivity index (χ3n) is 5.08. The van der Waals surface area contributed by atoms with Crippen LogP contribution in [0.3, 0.4) is 0 Å². The van der Waals surface area contributed by atoms with Gasteiger partial charge in [-0.3, -0.25) is 10.00 Å². The number of aromatic nitrogens is 2. The summed E-state index contributed by atoms with van der Waals surface area (Å²) in [4.78, 5) is 6.29. The minimum atomic E-state index is -4.45. The Morgan fingerprint density at radius 3 is 2.58 bits per heavy atom. The number of alkyl halides is 3. The maximum absolute atomic E-state index is 13.2. The quantitative estimate of drug-likeness (QED) is 0.417. The zero-order chi connectivity index (χ0) is 21.6. The third-order valence-corrected chi connectivity index (χ3v) is 5.08. The number of hydrogen-bond donors (Lipinski definition) is 3. The van der Waals surface area contributed by atoms with Crippen molar-refractivity contribution in [2.45, 2.75) is 12.3 Å². The van der Waals surface area contributed by atoms with E-state index in [4.69, 9.17) is 5.73 Å². The van der Waals surface area contributed by atoms with Crippen LogP contribution < -0.4 is 16.0 Å². The molecule has 1 aromatic heterocycles. The Morgan fingerprint density at radius 1 is 0.968 bits per heavy atom. The normalized spacial score (nSPS) is 16.2. The highest BCUT2D eigenvalue weighted by Crippen LogP contribution is 2.38. The number of aliphatic imine (C=N–C) groups is 1. The fourth-order valence-electron chi connectivity index (χ4n) is 3.64. The van der Waals surface area contributed by atoms with Crippen LogP contribution in [-0.2, 0) is 6.18 Å². The molecule has 31 heavy (non-hydrogen) atoms. The van der Waals surface area contributed by atoms with Crippen LogP contribution >= 0.6 is 0 Å². The van der Waals surface area contributed by atoms with E-state index in [9.17, 15) is 13.2 Å². The van der Waals surface area contributed by atoms with Crippen LogP contribution in [0.15, 0.2) is 77.8 Å². The second-order valence-corrected chi connectivity index (χ2v) is 7.09. The fourth-order valence-corrected chi connectivity index (χ4v) is 3.64. The maximum Gasteiger partial charge on any atom is 0.416 e. The summed E-state index contributed by atoms with van der Waals surface area (Å²) in [6, 6.07) is 20.0. The summed E-state index contributed by atoms with van der Waals surface area (Å²) in [6.45, 7) is 0. The first-order valence-electron chi connectivity index (χ1n) is 9.51. The van der Waals surface area contributed by atoms with Gasteiger partial charge in [0.15, 0.2) is 5.82 Å². The molecule has 0 amide bonds. The van der Waals surface area contributed by atoms with Gasteiger partial charge in [-0.1, -0.05) is 36.4 Å². The molecular formula is C22H17F3N6. The first-order valence-corrected chi connectivity index (χ1v) is 9.51.